The van der Waals surface area contributed by atoms with Gasteiger partial charge in [0.05, 0.1) is 5.41 Å². The highest BCUT2D eigenvalue weighted by Crippen LogP contribution is 2.37. The van der Waals surface area contributed by atoms with Gasteiger partial charge in [-0.05, 0) is 56.4 Å². The van der Waals surface area contributed by atoms with Crippen LogP contribution in [0.4, 0.5) is 0 Å². The fraction of sp³-hybridized carbons (Fsp3) is 0.346. The minimum atomic E-state index is -0.737. The van der Waals surface area contributed by atoms with Crippen molar-refractivity contribution in [1.29, 1.82) is 0 Å². The smallest absolute Gasteiger partial charge is 0.272 e. The van der Waals surface area contributed by atoms with E-state index < -0.39 is 5.41 Å². The van der Waals surface area contributed by atoms with Crippen LogP contribution in [0.25, 0.3) is 11.1 Å². The Balaban J connectivity index is 1.69. The minimum absolute atomic E-state index is 0.00834. The highest BCUT2D eigenvalue weighted by atomic mass is 16.2. The maximum Gasteiger partial charge on any atom is 0.272 e. The molecule has 0 saturated carbocycles. The molecule has 0 radical (unpaired) electrons. The SMILES string of the molecule is CC(C)NC(=O)C1(Cc2ccccc2-c2cncnc2)CCCN(C(=O)c2ccccn2)C1. The van der Waals surface area contributed by atoms with Crippen LogP contribution in [0.5, 0.6) is 0 Å². The number of piperidine rings is 1. The second kappa shape index (κ2) is 9.90. The third-order valence-corrected chi connectivity index (χ3v) is 6.07. The largest absolute Gasteiger partial charge is 0.353 e. The van der Waals surface area contributed by atoms with Gasteiger partial charge in [-0.1, -0.05) is 30.3 Å². The summed E-state index contributed by atoms with van der Waals surface area (Å²) in [6.45, 7) is 4.88. The van der Waals surface area contributed by atoms with Crippen LogP contribution in [0.15, 0.2) is 67.4 Å². The lowest BCUT2D eigenvalue weighted by atomic mass is 9.73. The molecule has 0 spiro atoms. The van der Waals surface area contributed by atoms with Gasteiger partial charge in [0.25, 0.3) is 5.91 Å². The van der Waals surface area contributed by atoms with E-state index in [9.17, 15) is 9.59 Å². The van der Waals surface area contributed by atoms with Crippen LogP contribution in [0, 0.1) is 5.41 Å². The average Bonchev–Trinajstić information content (AvgIpc) is 2.85. The van der Waals surface area contributed by atoms with Crippen LogP contribution in [0.3, 0.4) is 0 Å². The number of benzene rings is 1. The first kappa shape index (κ1) is 22.6. The Hall–Kier alpha value is -3.61. The van der Waals surface area contributed by atoms with Gasteiger partial charge >= 0.3 is 0 Å². The molecule has 1 saturated heterocycles. The van der Waals surface area contributed by atoms with E-state index >= 15 is 0 Å². The summed E-state index contributed by atoms with van der Waals surface area (Å²) in [5.74, 6) is -0.156. The van der Waals surface area contributed by atoms with Crippen LogP contribution in [-0.4, -0.2) is 50.8 Å². The number of rotatable bonds is 6. The fourth-order valence-corrected chi connectivity index (χ4v) is 4.54. The number of aromatic nitrogens is 3. The second-order valence-electron chi connectivity index (χ2n) is 8.91. The molecule has 1 fully saturated rings. The zero-order chi connectivity index (χ0) is 23.3. The normalized spacial score (nSPS) is 18.2. The number of amides is 2. The number of nitrogens with one attached hydrogen (secondary N) is 1. The highest BCUT2D eigenvalue weighted by molar-refractivity contribution is 5.93. The quantitative estimate of drug-likeness (QED) is 0.630. The molecular weight excluding hydrogens is 414 g/mol. The number of nitrogens with zero attached hydrogens (tertiary/aromatic N) is 4. The van der Waals surface area contributed by atoms with Gasteiger partial charge < -0.3 is 10.2 Å². The van der Waals surface area contributed by atoms with Crippen molar-refractivity contribution >= 4 is 11.8 Å². The minimum Gasteiger partial charge on any atom is -0.353 e. The fourth-order valence-electron chi connectivity index (χ4n) is 4.54. The van der Waals surface area contributed by atoms with E-state index in [1.54, 1.807) is 41.7 Å². The molecule has 2 aromatic heterocycles. The van der Waals surface area contributed by atoms with Crippen molar-refractivity contribution in [3.8, 4) is 11.1 Å². The average molecular weight is 444 g/mol. The van der Waals surface area contributed by atoms with E-state index in [-0.39, 0.29) is 17.9 Å². The van der Waals surface area contributed by atoms with Crippen LogP contribution in [-0.2, 0) is 11.2 Å². The lowest BCUT2D eigenvalue weighted by molar-refractivity contribution is -0.134. The van der Waals surface area contributed by atoms with Gasteiger partial charge in [-0.2, -0.15) is 0 Å². The van der Waals surface area contributed by atoms with Crippen molar-refractivity contribution in [3.63, 3.8) is 0 Å². The highest BCUT2D eigenvalue weighted by Gasteiger charge is 2.44. The Morgan fingerprint density at radius 1 is 1.09 bits per heavy atom. The van der Waals surface area contributed by atoms with E-state index in [1.807, 2.05) is 38.1 Å². The molecule has 3 heterocycles. The summed E-state index contributed by atoms with van der Waals surface area (Å²) >= 11 is 0. The topological polar surface area (TPSA) is 88.1 Å². The number of pyridine rings is 1. The predicted octanol–water partition coefficient (Wildman–Crippen LogP) is 3.53. The van der Waals surface area contributed by atoms with Crippen molar-refractivity contribution in [3.05, 3.63) is 78.6 Å². The molecule has 4 rings (SSSR count). The number of hydrogen-bond donors (Lipinski definition) is 1. The van der Waals surface area contributed by atoms with Gasteiger partial charge in [0.2, 0.25) is 5.91 Å². The first-order valence-electron chi connectivity index (χ1n) is 11.3. The van der Waals surface area contributed by atoms with Crippen molar-refractivity contribution < 1.29 is 9.59 Å². The molecule has 3 aromatic rings. The van der Waals surface area contributed by atoms with Crippen molar-refractivity contribution in [2.24, 2.45) is 5.41 Å². The molecule has 1 aromatic carbocycles. The molecule has 1 atom stereocenters. The Bertz CT molecular complexity index is 1100. The standard InChI is InChI=1S/C26H29N5O2/c1-19(2)30-25(33)26(11-7-13-31(17-26)24(32)23-10-5-6-12-29-23)14-20-8-3-4-9-22(20)21-15-27-18-28-16-21/h3-6,8-10,12,15-16,18-19H,7,11,13-14,17H2,1-2H3,(H,30,33). The third kappa shape index (κ3) is 5.08. The molecule has 0 aliphatic carbocycles. The predicted molar refractivity (Wildman–Crippen MR) is 126 cm³/mol. The maximum absolute atomic E-state index is 13.6. The van der Waals surface area contributed by atoms with E-state index in [2.05, 4.69) is 20.3 Å². The van der Waals surface area contributed by atoms with E-state index in [0.29, 0.717) is 31.6 Å². The Labute approximate surface area is 194 Å². The molecule has 1 unspecified atom stereocenters. The lowest BCUT2D eigenvalue weighted by Gasteiger charge is -2.42. The van der Waals surface area contributed by atoms with Crippen molar-refractivity contribution in [2.45, 2.75) is 39.2 Å². The van der Waals surface area contributed by atoms with Gasteiger partial charge in [0.15, 0.2) is 0 Å². The Kier molecular flexibility index (Phi) is 6.77. The molecule has 7 heteroatoms. The molecule has 0 bridgehead atoms. The first-order chi connectivity index (χ1) is 16.0. The number of carbonyl (C=O) groups excluding carboxylic acids is 2. The molecular formula is C26H29N5O2. The molecule has 1 aliphatic rings. The van der Waals surface area contributed by atoms with Gasteiger partial charge in [-0.25, -0.2) is 9.97 Å². The van der Waals surface area contributed by atoms with Crippen molar-refractivity contribution in [2.75, 3.05) is 13.1 Å². The summed E-state index contributed by atoms with van der Waals surface area (Å²) in [7, 11) is 0. The van der Waals surface area contributed by atoms with E-state index in [4.69, 9.17) is 0 Å². The van der Waals surface area contributed by atoms with Crippen LogP contribution in [0.2, 0.25) is 0 Å². The summed E-state index contributed by atoms with van der Waals surface area (Å²) in [5, 5.41) is 3.11. The maximum atomic E-state index is 13.6. The third-order valence-electron chi connectivity index (χ3n) is 6.07. The second-order valence-corrected chi connectivity index (χ2v) is 8.91. The first-order valence-corrected chi connectivity index (χ1v) is 11.3. The lowest BCUT2D eigenvalue weighted by Crippen LogP contribution is -2.55. The van der Waals surface area contributed by atoms with Crippen LogP contribution >= 0.6 is 0 Å². The van der Waals surface area contributed by atoms with Crippen LogP contribution in [0.1, 0.15) is 42.7 Å². The summed E-state index contributed by atoms with van der Waals surface area (Å²) in [5.41, 5.74) is 2.61. The van der Waals surface area contributed by atoms with E-state index in [0.717, 1.165) is 23.1 Å². The number of hydrogen-bond acceptors (Lipinski definition) is 5. The van der Waals surface area contributed by atoms with Gasteiger partial charge in [-0.3, -0.25) is 14.6 Å². The van der Waals surface area contributed by atoms with Gasteiger partial charge in [-0.15, -0.1) is 0 Å². The zero-order valence-corrected chi connectivity index (χ0v) is 19.1. The molecule has 1 aliphatic heterocycles. The Morgan fingerprint density at radius 2 is 1.85 bits per heavy atom. The van der Waals surface area contributed by atoms with Crippen LogP contribution < -0.4 is 5.32 Å². The molecule has 33 heavy (non-hydrogen) atoms. The van der Waals surface area contributed by atoms with Gasteiger partial charge in [0.1, 0.15) is 12.0 Å². The molecule has 7 nitrogen and oxygen atoms in total. The van der Waals surface area contributed by atoms with Gasteiger partial charge in [0, 0.05) is 43.3 Å². The van der Waals surface area contributed by atoms with E-state index in [1.165, 1.54) is 6.33 Å². The summed E-state index contributed by atoms with van der Waals surface area (Å²) in [6, 6.07) is 13.4. The molecule has 1 N–H and O–H groups in total. The monoisotopic (exact) mass is 443 g/mol. The molecule has 170 valence electrons. The summed E-state index contributed by atoms with van der Waals surface area (Å²) in [4.78, 5) is 41.1. The summed E-state index contributed by atoms with van der Waals surface area (Å²) < 4.78 is 0. The molecule has 2 amide bonds. The zero-order valence-electron chi connectivity index (χ0n) is 19.1. The number of likely N-dealkylation sites (tertiary alicyclic amines) is 1. The number of carbonyl (C=O) groups is 2. The summed E-state index contributed by atoms with van der Waals surface area (Å²) in [6.07, 6.45) is 8.66. The Morgan fingerprint density at radius 3 is 2.58 bits per heavy atom. The van der Waals surface area contributed by atoms with Crippen molar-refractivity contribution in [1.82, 2.24) is 25.2 Å².